The van der Waals surface area contributed by atoms with Crippen LogP contribution in [0.5, 0.6) is 0 Å². The van der Waals surface area contributed by atoms with Gasteiger partial charge >= 0.3 is 5.91 Å². The number of sulfonamides is 1. The molecular weight excluding hydrogens is 372 g/mol. The third-order valence-electron chi connectivity index (χ3n) is 4.14. The van der Waals surface area contributed by atoms with Crippen molar-refractivity contribution in [2.24, 2.45) is 5.92 Å². The van der Waals surface area contributed by atoms with E-state index >= 15 is 0 Å². The third-order valence-corrected chi connectivity index (χ3v) is 5.60. The average molecular weight is 396 g/mol. The molecule has 2 rings (SSSR count). The molecule has 0 saturated carbocycles. The summed E-state index contributed by atoms with van der Waals surface area (Å²) < 4.78 is 27.4. The lowest BCUT2D eigenvalue weighted by molar-refractivity contribution is -0.141. The number of hydrogen-bond acceptors (Lipinski definition) is 6. The van der Waals surface area contributed by atoms with Crippen LogP contribution < -0.4 is 20.9 Å². The number of benzene rings is 1. The summed E-state index contributed by atoms with van der Waals surface area (Å²) >= 11 is 0. The van der Waals surface area contributed by atoms with Gasteiger partial charge in [-0.2, -0.15) is 4.72 Å². The summed E-state index contributed by atoms with van der Waals surface area (Å²) in [6.07, 6.45) is 0.834. The topological polar surface area (TPSA) is 133 Å². The summed E-state index contributed by atoms with van der Waals surface area (Å²) in [5.41, 5.74) is 4.85. The molecule has 1 fully saturated rings. The molecule has 0 aliphatic carbocycles. The first-order chi connectivity index (χ1) is 12.7. The van der Waals surface area contributed by atoms with Crippen LogP contribution >= 0.6 is 0 Å². The van der Waals surface area contributed by atoms with E-state index in [9.17, 15) is 22.8 Å². The van der Waals surface area contributed by atoms with Crippen molar-refractivity contribution in [2.75, 3.05) is 6.54 Å². The van der Waals surface area contributed by atoms with Crippen LogP contribution in [0.2, 0.25) is 0 Å². The average Bonchev–Trinajstić information content (AvgIpc) is 2.63. The molecular formula is C17H24N4O5S. The molecule has 2 unspecified atom stereocenters. The van der Waals surface area contributed by atoms with Crippen LogP contribution in [0, 0.1) is 5.92 Å². The van der Waals surface area contributed by atoms with Gasteiger partial charge in [-0.1, -0.05) is 32.0 Å². The van der Waals surface area contributed by atoms with E-state index in [1.807, 2.05) is 0 Å². The van der Waals surface area contributed by atoms with Crippen molar-refractivity contribution in [3.05, 3.63) is 30.3 Å². The Bertz CT molecular complexity index is 795. The summed E-state index contributed by atoms with van der Waals surface area (Å²) in [5, 5.41) is 2.52. The van der Waals surface area contributed by atoms with Gasteiger partial charge in [-0.05, 0) is 30.9 Å². The lowest BCUT2D eigenvalue weighted by atomic mass is 10.0. The quantitative estimate of drug-likeness (QED) is 0.477. The highest BCUT2D eigenvalue weighted by Crippen LogP contribution is 2.12. The van der Waals surface area contributed by atoms with Gasteiger partial charge in [0.15, 0.2) is 0 Å². The molecule has 0 spiro atoms. The molecule has 0 radical (unpaired) electrons. The van der Waals surface area contributed by atoms with Crippen LogP contribution in [0.25, 0.3) is 0 Å². The van der Waals surface area contributed by atoms with E-state index in [2.05, 4.69) is 20.9 Å². The van der Waals surface area contributed by atoms with Crippen LogP contribution in [-0.2, 0) is 24.4 Å². The second-order valence-corrected chi connectivity index (χ2v) is 8.32. The van der Waals surface area contributed by atoms with Gasteiger partial charge in [0.1, 0.15) is 6.04 Å². The minimum atomic E-state index is -3.91. The fraction of sp³-hybridized carbons (Fsp3) is 0.471. The van der Waals surface area contributed by atoms with Crippen molar-refractivity contribution >= 4 is 27.6 Å². The summed E-state index contributed by atoms with van der Waals surface area (Å²) in [6.45, 7) is 3.84. The first kappa shape index (κ1) is 21.0. The first-order valence-electron chi connectivity index (χ1n) is 8.67. The predicted molar refractivity (Wildman–Crippen MR) is 97.7 cm³/mol. The summed E-state index contributed by atoms with van der Waals surface area (Å²) in [5.74, 6) is -2.64. The minimum absolute atomic E-state index is 0.0379. The van der Waals surface area contributed by atoms with Gasteiger partial charge in [0.25, 0.3) is 0 Å². The lowest BCUT2D eigenvalue weighted by Crippen LogP contribution is -2.57. The number of ketones is 1. The Morgan fingerprint density at radius 1 is 1.19 bits per heavy atom. The highest BCUT2D eigenvalue weighted by Gasteiger charge is 2.33. The molecule has 9 nitrogen and oxygen atoms in total. The van der Waals surface area contributed by atoms with E-state index in [1.54, 1.807) is 32.0 Å². The van der Waals surface area contributed by atoms with Crippen molar-refractivity contribution in [3.8, 4) is 0 Å². The third kappa shape index (κ3) is 5.59. The predicted octanol–water partition coefficient (Wildman–Crippen LogP) is -0.542. The Morgan fingerprint density at radius 2 is 1.85 bits per heavy atom. The molecule has 2 amide bonds. The van der Waals surface area contributed by atoms with Crippen LogP contribution in [0.1, 0.15) is 26.7 Å². The van der Waals surface area contributed by atoms with Crippen molar-refractivity contribution in [1.29, 1.82) is 0 Å². The van der Waals surface area contributed by atoms with Crippen molar-refractivity contribution < 1.29 is 22.8 Å². The van der Waals surface area contributed by atoms with E-state index in [1.165, 1.54) is 12.1 Å². The fourth-order valence-corrected chi connectivity index (χ4v) is 3.98. The van der Waals surface area contributed by atoms with Gasteiger partial charge in [0, 0.05) is 6.54 Å². The largest absolute Gasteiger partial charge is 0.344 e. The smallest absolute Gasteiger partial charge is 0.303 e. The van der Waals surface area contributed by atoms with Crippen molar-refractivity contribution in [1.82, 2.24) is 20.9 Å². The molecule has 1 aromatic rings. The first-order valence-corrected chi connectivity index (χ1v) is 10.2. The van der Waals surface area contributed by atoms with Gasteiger partial charge in [-0.3, -0.25) is 19.8 Å². The normalized spacial score (nSPS) is 19.7. The van der Waals surface area contributed by atoms with Crippen LogP contribution in [0.3, 0.4) is 0 Å². The Kier molecular flexibility index (Phi) is 7.05. The van der Waals surface area contributed by atoms with E-state index in [4.69, 9.17) is 0 Å². The summed E-state index contributed by atoms with van der Waals surface area (Å²) in [4.78, 5) is 36.5. The number of nitrogens with one attached hydrogen (secondary N) is 4. The van der Waals surface area contributed by atoms with E-state index in [0.29, 0.717) is 13.0 Å². The standard InChI is InChI=1S/C17H24N4O5S/c1-11(2)14(21-27(25,26)12-7-4-3-5-8-12)16(23)19-13-9-6-10-18-20-17(24)15(13)22/h3-5,7-8,11,13-14,18,21H,6,9-10H2,1-2H3,(H,19,23)(H,20,24). The molecule has 4 N–H and O–H groups in total. The lowest BCUT2D eigenvalue weighted by Gasteiger charge is -2.25. The molecule has 1 aliphatic rings. The number of rotatable bonds is 6. The van der Waals surface area contributed by atoms with Crippen LogP contribution in [0.4, 0.5) is 0 Å². The molecule has 1 aliphatic heterocycles. The van der Waals surface area contributed by atoms with Crippen molar-refractivity contribution in [3.63, 3.8) is 0 Å². The van der Waals surface area contributed by atoms with Gasteiger partial charge < -0.3 is 5.32 Å². The number of carbonyl (C=O) groups is 3. The molecule has 148 valence electrons. The molecule has 1 saturated heterocycles. The number of amides is 2. The molecule has 27 heavy (non-hydrogen) atoms. The number of carbonyl (C=O) groups excluding carboxylic acids is 3. The highest BCUT2D eigenvalue weighted by atomic mass is 32.2. The highest BCUT2D eigenvalue weighted by molar-refractivity contribution is 7.89. The molecule has 1 heterocycles. The molecule has 1 aromatic carbocycles. The van der Waals surface area contributed by atoms with Crippen molar-refractivity contribution in [2.45, 2.75) is 43.7 Å². The zero-order valence-corrected chi connectivity index (χ0v) is 16.0. The Hall–Kier alpha value is -2.30. The van der Waals surface area contributed by atoms with Gasteiger partial charge in [-0.15, -0.1) is 0 Å². The van der Waals surface area contributed by atoms with Gasteiger partial charge in [0.2, 0.25) is 21.7 Å². The number of hydrogen-bond donors (Lipinski definition) is 4. The SMILES string of the molecule is CC(C)C(NS(=O)(=O)c1ccccc1)C(=O)NC1CCCNNC(=O)C1=O. The number of hydrazine groups is 1. The molecule has 0 aromatic heterocycles. The maximum Gasteiger partial charge on any atom is 0.303 e. The fourth-order valence-electron chi connectivity index (χ4n) is 2.61. The number of Topliss-reactive ketones (excluding diaryl/α,β-unsaturated/α-hetero) is 1. The molecule has 10 heteroatoms. The second kappa shape index (κ2) is 9.07. The Labute approximate surface area is 158 Å². The summed E-state index contributed by atoms with van der Waals surface area (Å²) in [7, 11) is -3.91. The molecule has 2 atom stereocenters. The zero-order chi connectivity index (χ0) is 20.0. The Balaban J connectivity index is 2.14. The summed E-state index contributed by atoms with van der Waals surface area (Å²) in [6, 6.07) is 5.61. The van der Waals surface area contributed by atoms with E-state index < -0.39 is 39.7 Å². The van der Waals surface area contributed by atoms with E-state index in [0.717, 1.165) is 0 Å². The van der Waals surface area contributed by atoms with Gasteiger partial charge in [0.05, 0.1) is 10.9 Å². The monoisotopic (exact) mass is 396 g/mol. The minimum Gasteiger partial charge on any atom is -0.344 e. The molecule has 0 bridgehead atoms. The van der Waals surface area contributed by atoms with Gasteiger partial charge in [-0.25, -0.2) is 13.8 Å². The zero-order valence-electron chi connectivity index (χ0n) is 15.2. The maximum atomic E-state index is 12.7. The Morgan fingerprint density at radius 3 is 2.48 bits per heavy atom. The maximum absolute atomic E-state index is 12.7. The van der Waals surface area contributed by atoms with Crippen LogP contribution in [-0.4, -0.2) is 44.6 Å². The van der Waals surface area contributed by atoms with Crippen LogP contribution in [0.15, 0.2) is 35.2 Å². The van der Waals surface area contributed by atoms with E-state index in [-0.39, 0.29) is 17.2 Å². The second-order valence-electron chi connectivity index (χ2n) is 6.60.